The van der Waals surface area contributed by atoms with Crippen molar-refractivity contribution in [2.24, 2.45) is 0 Å². The Kier molecular flexibility index (Phi) is 6.71. The summed E-state index contributed by atoms with van der Waals surface area (Å²) in [6.45, 7) is 1.85. The van der Waals surface area contributed by atoms with Crippen molar-refractivity contribution in [1.29, 1.82) is 0 Å². The number of carbonyl (C=O) groups excluding carboxylic acids is 3. The molecule has 0 unspecified atom stereocenters. The highest BCUT2D eigenvalue weighted by Crippen LogP contribution is 2.34. The standard InChI is InChI=1S/C16H15Cl2NO4S/c1-2-3-7-23-13(20)9-19-15(21)12(24-16(19)22)8-10-5-4-6-11(17)14(10)18/h4-6,8H,2-3,7,9H2,1H3/b12-8+. The number of ether oxygens (including phenoxy) is 1. The van der Waals surface area contributed by atoms with Gasteiger partial charge in [0.25, 0.3) is 11.1 Å². The number of rotatable bonds is 6. The number of amides is 2. The number of thioether (sulfide) groups is 1. The lowest BCUT2D eigenvalue weighted by Crippen LogP contribution is -2.34. The first-order valence-corrected chi connectivity index (χ1v) is 8.86. The van der Waals surface area contributed by atoms with Crippen molar-refractivity contribution >= 4 is 58.2 Å². The highest BCUT2D eigenvalue weighted by atomic mass is 35.5. The van der Waals surface area contributed by atoms with Crippen LogP contribution in [0.15, 0.2) is 23.1 Å². The minimum atomic E-state index is -0.604. The van der Waals surface area contributed by atoms with Crippen LogP contribution >= 0.6 is 35.0 Å². The smallest absolute Gasteiger partial charge is 0.326 e. The van der Waals surface area contributed by atoms with Gasteiger partial charge in [0.2, 0.25) is 0 Å². The molecular formula is C16H15Cl2NO4S. The summed E-state index contributed by atoms with van der Waals surface area (Å²) in [5, 5.41) is 0.130. The predicted octanol–water partition coefficient (Wildman–Crippen LogP) is 4.37. The fraction of sp³-hybridized carbons (Fsp3) is 0.312. The average Bonchev–Trinajstić information content (AvgIpc) is 2.80. The van der Waals surface area contributed by atoms with Crippen LogP contribution in [0, 0.1) is 0 Å². The summed E-state index contributed by atoms with van der Waals surface area (Å²) in [7, 11) is 0. The zero-order chi connectivity index (χ0) is 17.7. The first-order valence-electron chi connectivity index (χ1n) is 7.29. The Bertz CT molecular complexity index is 705. The summed E-state index contributed by atoms with van der Waals surface area (Å²) in [6.07, 6.45) is 3.11. The van der Waals surface area contributed by atoms with Crippen LogP contribution in [-0.4, -0.2) is 35.2 Å². The number of hydrogen-bond donors (Lipinski definition) is 0. The molecule has 1 fully saturated rings. The van der Waals surface area contributed by atoms with Gasteiger partial charge in [0, 0.05) is 0 Å². The van der Waals surface area contributed by atoms with E-state index in [4.69, 9.17) is 27.9 Å². The van der Waals surface area contributed by atoms with Gasteiger partial charge in [-0.05, 0) is 35.9 Å². The summed E-state index contributed by atoms with van der Waals surface area (Å²) in [5.74, 6) is -1.15. The third kappa shape index (κ3) is 4.53. The lowest BCUT2D eigenvalue weighted by molar-refractivity contribution is -0.146. The number of nitrogens with zero attached hydrogens (tertiary/aromatic N) is 1. The number of unbranched alkanes of at least 4 members (excludes halogenated alkanes) is 1. The molecule has 0 aromatic heterocycles. The molecule has 1 aliphatic heterocycles. The molecule has 1 aliphatic rings. The molecule has 0 N–H and O–H groups in total. The van der Waals surface area contributed by atoms with Crippen molar-refractivity contribution in [3.8, 4) is 0 Å². The third-order valence-corrected chi connectivity index (χ3v) is 4.93. The second-order valence-electron chi connectivity index (χ2n) is 4.98. The Labute approximate surface area is 153 Å². The Morgan fingerprint density at radius 3 is 2.79 bits per heavy atom. The van der Waals surface area contributed by atoms with E-state index >= 15 is 0 Å². The van der Waals surface area contributed by atoms with Crippen LogP contribution in [0.25, 0.3) is 6.08 Å². The summed E-state index contributed by atoms with van der Waals surface area (Å²) in [5.41, 5.74) is 0.528. The maximum absolute atomic E-state index is 12.3. The van der Waals surface area contributed by atoms with Crippen molar-refractivity contribution in [2.75, 3.05) is 13.2 Å². The third-order valence-electron chi connectivity index (χ3n) is 3.19. The molecule has 128 valence electrons. The number of esters is 1. The Morgan fingerprint density at radius 2 is 2.08 bits per heavy atom. The molecular weight excluding hydrogens is 373 g/mol. The molecule has 24 heavy (non-hydrogen) atoms. The molecule has 8 heteroatoms. The second-order valence-corrected chi connectivity index (χ2v) is 6.76. The first kappa shape index (κ1) is 18.8. The van der Waals surface area contributed by atoms with Gasteiger partial charge in [0.05, 0.1) is 21.6 Å². The molecule has 0 bridgehead atoms. The zero-order valence-corrected chi connectivity index (χ0v) is 15.2. The van der Waals surface area contributed by atoms with Gasteiger partial charge in [-0.2, -0.15) is 0 Å². The van der Waals surface area contributed by atoms with E-state index in [1.54, 1.807) is 18.2 Å². The molecule has 0 saturated carbocycles. The number of benzene rings is 1. The van der Waals surface area contributed by atoms with Crippen molar-refractivity contribution in [3.63, 3.8) is 0 Å². The summed E-state index contributed by atoms with van der Waals surface area (Å²) < 4.78 is 4.98. The van der Waals surface area contributed by atoms with E-state index in [0.29, 0.717) is 15.6 Å². The molecule has 1 aromatic rings. The molecule has 2 amide bonds. The van der Waals surface area contributed by atoms with Gasteiger partial charge in [-0.1, -0.05) is 48.7 Å². The van der Waals surface area contributed by atoms with Crippen molar-refractivity contribution in [3.05, 3.63) is 38.7 Å². The number of imide groups is 1. The van der Waals surface area contributed by atoms with E-state index in [9.17, 15) is 14.4 Å². The number of halogens is 2. The van der Waals surface area contributed by atoms with Gasteiger partial charge in [-0.3, -0.25) is 19.3 Å². The molecule has 1 saturated heterocycles. The van der Waals surface area contributed by atoms with Crippen LogP contribution in [0.4, 0.5) is 4.79 Å². The predicted molar refractivity (Wildman–Crippen MR) is 95.0 cm³/mol. The van der Waals surface area contributed by atoms with Gasteiger partial charge < -0.3 is 4.74 Å². The summed E-state index contributed by atoms with van der Waals surface area (Å²) >= 11 is 12.8. The van der Waals surface area contributed by atoms with E-state index in [-0.39, 0.29) is 11.5 Å². The molecule has 1 aromatic carbocycles. The minimum Gasteiger partial charge on any atom is -0.464 e. The molecule has 0 spiro atoms. The highest BCUT2D eigenvalue weighted by molar-refractivity contribution is 8.18. The normalized spacial score (nSPS) is 16.1. The number of hydrogen-bond acceptors (Lipinski definition) is 5. The van der Waals surface area contributed by atoms with Crippen LogP contribution in [0.1, 0.15) is 25.3 Å². The van der Waals surface area contributed by atoms with E-state index in [2.05, 4.69) is 0 Å². The molecule has 0 radical (unpaired) electrons. The maximum Gasteiger partial charge on any atom is 0.326 e. The van der Waals surface area contributed by atoms with Crippen molar-refractivity contribution in [1.82, 2.24) is 4.90 Å². The quantitative estimate of drug-likeness (QED) is 0.411. The van der Waals surface area contributed by atoms with E-state index < -0.39 is 23.7 Å². The Balaban J connectivity index is 2.09. The van der Waals surface area contributed by atoms with E-state index in [0.717, 1.165) is 29.5 Å². The molecule has 2 rings (SSSR count). The molecule has 0 atom stereocenters. The van der Waals surface area contributed by atoms with E-state index in [1.165, 1.54) is 6.08 Å². The monoisotopic (exact) mass is 387 g/mol. The van der Waals surface area contributed by atoms with Crippen LogP contribution in [0.2, 0.25) is 10.0 Å². The van der Waals surface area contributed by atoms with Gasteiger partial charge in [0.15, 0.2) is 0 Å². The Morgan fingerprint density at radius 1 is 1.33 bits per heavy atom. The van der Waals surface area contributed by atoms with E-state index in [1.807, 2.05) is 6.92 Å². The van der Waals surface area contributed by atoms with Gasteiger partial charge in [-0.15, -0.1) is 0 Å². The van der Waals surface area contributed by atoms with Gasteiger partial charge >= 0.3 is 5.97 Å². The molecule has 1 heterocycles. The average molecular weight is 388 g/mol. The van der Waals surface area contributed by atoms with Crippen LogP contribution < -0.4 is 0 Å². The lowest BCUT2D eigenvalue weighted by Gasteiger charge is -2.11. The fourth-order valence-corrected chi connectivity index (χ4v) is 3.11. The largest absolute Gasteiger partial charge is 0.464 e. The van der Waals surface area contributed by atoms with Crippen LogP contribution in [0.3, 0.4) is 0 Å². The topological polar surface area (TPSA) is 63.7 Å². The SMILES string of the molecule is CCCCOC(=O)CN1C(=O)S/C(=C/c2cccc(Cl)c2Cl)C1=O. The number of carbonyl (C=O) groups is 3. The van der Waals surface area contributed by atoms with Crippen molar-refractivity contribution in [2.45, 2.75) is 19.8 Å². The maximum atomic E-state index is 12.3. The highest BCUT2D eigenvalue weighted by Gasteiger charge is 2.36. The molecule has 5 nitrogen and oxygen atoms in total. The Hall–Kier alpha value is -1.50. The summed E-state index contributed by atoms with van der Waals surface area (Å²) in [4.78, 5) is 37.0. The van der Waals surface area contributed by atoms with Crippen LogP contribution in [0.5, 0.6) is 0 Å². The fourth-order valence-electron chi connectivity index (χ4n) is 1.91. The van der Waals surface area contributed by atoms with Gasteiger partial charge in [-0.25, -0.2) is 0 Å². The summed E-state index contributed by atoms with van der Waals surface area (Å²) in [6, 6.07) is 5.00. The van der Waals surface area contributed by atoms with Gasteiger partial charge in [0.1, 0.15) is 6.54 Å². The molecule has 0 aliphatic carbocycles. The van der Waals surface area contributed by atoms with Crippen molar-refractivity contribution < 1.29 is 19.1 Å². The lowest BCUT2D eigenvalue weighted by atomic mass is 10.2. The minimum absolute atomic E-state index is 0.186. The first-order chi connectivity index (χ1) is 11.4. The van der Waals surface area contributed by atoms with Crippen LogP contribution in [-0.2, 0) is 14.3 Å². The second kappa shape index (κ2) is 8.55. The zero-order valence-electron chi connectivity index (χ0n) is 12.9.